The predicted molar refractivity (Wildman–Crippen MR) is 118 cm³/mol. The van der Waals surface area contributed by atoms with Crippen molar-refractivity contribution in [3.8, 4) is 16.3 Å². The van der Waals surface area contributed by atoms with Gasteiger partial charge in [-0.15, -0.1) is 23.7 Å². The molecule has 0 bridgehead atoms. The Balaban J connectivity index is 0.00000280. The largest absolute Gasteiger partial charge is 0.494 e. The van der Waals surface area contributed by atoms with Crippen LogP contribution in [-0.2, 0) is 0 Å². The lowest BCUT2D eigenvalue weighted by atomic mass is 10.0. The summed E-state index contributed by atoms with van der Waals surface area (Å²) in [6.45, 7) is 7.68. The number of benzene rings is 1. The minimum Gasteiger partial charge on any atom is -0.494 e. The van der Waals surface area contributed by atoms with Gasteiger partial charge in [-0.2, -0.15) is 0 Å². The number of nitrogens with one attached hydrogen (secondary N) is 1. The van der Waals surface area contributed by atoms with Crippen molar-refractivity contribution >= 4 is 29.7 Å². The van der Waals surface area contributed by atoms with E-state index in [1.165, 1.54) is 11.3 Å². The summed E-state index contributed by atoms with van der Waals surface area (Å²) in [5.74, 6) is 0.933. The van der Waals surface area contributed by atoms with Crippen molar-refractivity contribution in [2.45, 2.75) is 45.6 Å². The number of thiazole rings is 1. The first kappa shape index (κ1) is 22.7. The van der Waals surface area contributed by atoms with Crippen molar-refractivity contribution < 1.29 is 9.53 Å². The van der Waals surface area contributed by atoms with Crippen LogP contribution in [-0.4, -0.2) is 48.1 Å². The lowest BCUT2D eigenvalue weighted by molar-refractivity contribution is 0.0637. The lowest BCUT2D eigenvalue weighted by Crippen LogP contribution is -2.46. The van der Waals surface area contributed by atoms with E-state index in [9.17, 15) is 4.79 Å². The zero-order chi connectivity index (χ0) is 19.1. The lowest BCUT2D eigenvalue weighted by Gasteiger charge is -2.34. The second-order valence-electron chi connectivity index (χ2n) is 6.89. The highest BCUT2D eigenvalue weighted by molar-refractivity contribution is 7.13. The number of piperidine rings is 1. The van der Waals surface area contributed by atoms with E-state index in [1.54, 1.807) is 0 Å². The fourth-order valence-corrected chi connectivity index (χ4v) is 4.17. The number of hydrogen-bond acceptors (Lipinski definition) is 5. The van der Waals surface area contributed by atoms with Crippen LogP contribution in [0.2, 0.25) is 0 Å². The Bertz CT molecular complexity index is 730. The Morgan fingerprint density at radius 2 is 1.93 bits per heavy atom. The first-order valence-electron chi connectivity index (χ1n) is 9.93. The van der Waals surface area contributed by atoms with Crippen LogP contribution in [0.4, 0.5) is 0 Å². The van der Waals surface area contributed by atoms with Gasteiger partial charge in [0.15, 0.2) is 0 Å². The van der Waals surface area contributed by atoms with Crippen molar-refractivity contribution in [3.63, 3.8) is 0 Å². The molecular weight excluding hydrogens is 394 g/mol. The molecule has 28 heavy (non-hydrogen) atoms. The molecule has 3 rings (SSSR count). The summed E-state index contributed by atoms with van der Waals surface area (Å²) in [5.41, 5.74) is 1.58. The molecule has 1 aliphatic rings. The maximum absolute atomic E-state index is 13.1. The van der Waals surface area contributed by atoms with Crippen molar-refractivity contribution in [2.75, 3.05) is 26.2 Å². The average Bonchev–Trinajstić information content (AvgIpc) is 3.21. The van der Waals surface area contributed by atoms with Crippen LogP contribution in [0.5, 0.6) is 5.75 Å². The predicted octanol–water partition coefficient (Wildman–Crippen LogP) is 4.62. The Kier molecular flexibility index (Phi) is 9.22. The van der Waals surface area contributed by atoms with Gasteiger partial charge in [-0.25, -0.2) is 4.98 Å². The molecule has 1 aliphatic heterocycles. The molecule has 0 radical (unpaired) electrons. The van der Waals surface area contributed by atoms with Gasteiger partial charge < -0.3 is 15.0 Å². The number of halogens is 1. The van der Waals surface area contributed by atoms with Gasteiger partial charge in [0.2, 0.25) is 0 Å². The van der Waals surface area contributed by atoms with E-state index < -0.39 is 0 Å². The molecule has 0 spiro atoms. The summed E-state index contributed by atoms with van der Waals surface area (Å²) in [4.78, 5) is 19.8. The molecule has 0 atom stereocenters. The monoisotopic (exact) mass is 423 g/mol. The van der Waals surface area contributed by atoms with Crippen molar-refractivity contribution in [1.82, 2.24) is 15.2 Å². The Labute approximate surface area is 177 Å². The molecule has 2 heterocycles. The number of ether oxygens (including phenoxy) is 1. The third-order valence-electron chi connectivity index (χ3n) is 4.77. The highest BCUT2D eigenvalue weighted by atomic mass is 35.5. The number of nitrogens with zero attached hydrogens (tertiary/aromatic N) is 2. The summed E-state index contributed by atoms with van der Waals surface area (Å²) in [6, 6.07) is 8.26. The fraction of sp³-hybridized carbons (Fsp3) is 0.524. The molecule has 7 heteroatoms. The summed E-state index contributed by atoms with van der Waals surface area (Å²) in [6.07, 6.45) is 3.99. The third-order valence-corrected chi connectivity index (χ3v) is 5.66. The number of carbonyl (C=O) groups excluding carboxylic acids is 1. The molecule has 1 amide bonds. The molecule has 1 aromatic heterocycles. The molecule has 1 N–H and O–H groups in total. The SMILES string of the molecule is CCCOc1ccc(-c2nc(C(=O)N(CCC)C3CCNCC3)cs2)cc1.Cl. The first-order valence-corrected chi connectivity index (χ1v) is 10.8. The fourth-order valence-electron chi connectivity index (χ4n) is 3.37. The Morgan fingerprint density at radius 3 is 2.57 bits per heavy atom. The molecule has 5 nitrogen and oxygen atoms in total. The molecule has 2 aromatic rings. The van der Waals surface area contributed by atoms with E-state index in [0.717, 1.165) is 68.2 Å². The molecule has 154 valence electrons. The summed E-state index contributed by atoms with van der Waals surface area (Å²) < 4.78 is 5.63. The van der Waals surface area contributed by atoms with Gasteiger partial charge in [0, 0.05) is 23.5 Å². The van der Waals surface area contributed by atoms with Crippen LogP contribution < -0.4 is 10.1 Å². The third kappa shape index (κ3) is 5.69. The summed E-state index contributed by atoms with van der Waals surface area (Å²) >= 11 is 1.53. The van der Waals surface area contributed by atoms with E-state index in [2.05, 4.69) is 24.1 Å². The molecule has 0 saturated carbocycles. The molecular formula is C21H30ClN3O2S. The number of rotatable bonds is 8. The Hall–Kier alpha value is -1.63. The second-order valence-corrected chi connectivity index (χ2v) is 7.75. The molecule has 1 saturated heterocycles. The molecule has 1 fully saturated rings. The van der Waals surface area contributed by atoms with Crippen LogP contribution in [0, 0.1) is 0 Å². The highest BCUT2D eigenvalue weighted by Gasteiger charge is 2.27. The van der Waals surface area contributed by atoms with E-state index in [1.807, 2.05) is 34.5 Å². The van der Waals surface area contributed by atoms with Gasteiger partial charge in [-0.1, -0.05) is 13.8 Å². The first-order chi connectivity index (χ1) is 13.2. The molecule has 1 aromatic carbocycles. The van der Waals surface area contributed by atoms with E-state index in [4.69, 9.17) is 4.74 Å². The van der Waals surface area contributed by atoms with Gasteiger partial charge in [0.25, 0.3) is 5.91 Å². The maximum Gasteiger partial charge on any atom is 0.273 e. The topological polar surface area (TPSA) is 54.5 Å². The Morgan fingerprint density at radius 1 is 1.21 bits per heavy atom. The van der Waals surface area contributed by atoms with Crippen molar-refractivity contribution in [3.05, 3.63) is 35.3 Å². The van der Waals surface area contributed by atoms with Gasteiger partial charge in [0.05, 0.1) is 6.61 Å². The quantitative estimate of drug-likeness (QED) is 0.672. The van der Waals surface area contributed by atoms with Crippen LogP contribution in [0.1, 0.15) is 50.0 Å². The maximum atomic E-state index is 13.1. The zero-order valence-electron chi connectivity index (χ0n) is 16.6. The number of aromatic nitrogens is 1. The van der Waals surface area contributed by atoms with Crippen LogP contribution in [0.25, 0.3) is 10.6 Å². The average molecular weight is 424 g/mol. The van der Waals surface area contributed by atoms with Gasteiger partial charge in [-0.05, 0) is 63.0 Å². The van der Waals surface area contributed by atoms with Crippen LogP contribution >= 0.6 is 23.7 Å². The van der Waals surface area contributed by atoms with Crippen molar-refractivity contribution in [2.24, 2.45) is 0 Å². The van der Waals surface area contributed by atoms with E-state index >= 15 is 0 Å². The second kappa shape index (κ2) is 11.4. The summed E-state index contributed by atoms with van der Waals surface area (Å²) in [7, 11) is 0. The summed E-state index contributed by atoms with van der Waals surface area (Å²) in [5, 5.41) is 6.14. The smallest absolute Gasteiger partial charge is 0.273 e. The standard InChI is InChI=1S/C21H29N3O2S.ClH/c1-3-13-24(17-9-11-22-12-10-17)21(25)19-15-27-20(23-19)16-5-7-18(8-6-16)26-14-4-2;/h5-8,15,17,22H,3-4,9-14H2,1-2H3;1H. The van der Waals surface area contributed by atoms with Gasteiger partial charge in [0.1, 0.15) is 16.5 Å². The minimum atomic E-state index is 0. The highest BCUT2D eigenvalue weighted by Crippen LogP contribution is 2.27. The van der Waals surface area contributed by atoms with Crippen LogP contribution in [0.15, 0.2) is 29.6 Å². The van der Waals surface area contributed by atoms with Gasteiger partial charge in [-0.3, -0.25) is 4.79 Å². The van der Waals surface area contributed by atoms with Crippen LogP contribution in [0.3, 0.4) is 0 Å². The number of hydrogen-bond donors (Lipinski definition) is 1. The molecule has 0 aliphatic carbocycles. The number of amides is 1. The zero-order valence-corrected chi connectivity index (χ0v) is 18.3. The van der Waals surface area contributed by atoms with Crippen molar-refractivity contribution in [1.29, 1.82) is 0 Å². The molecule has 0 unspecified atom stereocenters. The minimum absolute atomic E-state index is 0. The number of carbonyl (C=O) groups is 1. The normalized spacial score (nSPS) is 14.4. The van der Waals surface area contributed by atoms with Gasteiger partial charge >= 0.3 is 0 Å². The van der Waals surface area contributed by atoms with E-state index in [0.29, 0.717) is 11.7 Å². The van der Waals surface area contributed by atoms with E-state index in [-0.39, 0.29) is 18.3 Å².